The van der Waals surface area contributed by atoms with Crippen LogP contribution in [0.4, 0.5) is 5.69 Å². The number of anilines is 1. The molecule has 2 aromatic rings. The standard InChI is InChI=1S/C17H19NO2/c1-3-12-20-17-7-5-4-6-14(17)13-18-15-8-10-16(19-2)11-9-15/h3-11,18H,1,12-13H2,2H3. The molecule has 1 N–H and O–H groups in total. The molecule has 0 aliphatic carbocycles. The summed E-state index contributed by atoms with van der Waals surface area (Å²) in [5.41, 5.74) is 2.16. The van der Waals surface area contributed by atoms with Crippen LogP contribution in [0.5, 0.6) is 11.5 Å². The summed E-state index contributed by atoms with van der Waals surface area (Å²) in [5.74, 6) is 1.73. The van der Waals surface area contributed by atoms with Crippen molar-refractivity contribution < 1.29 is 9.47 Å². The van der Waals surface area contributed by atoms with Gasteiger partial charge in [-0.05, 0) is 30.3 Å². The van der Waals surface area contributed by atoms with Crippen molar-refractivity contribution >= 4 is 5.69 Å². The van der Waals surface area contributed by atoms with Crippen molar-refractivity contribution in [3.8, 4) is 11.5 Å². The molecule has 3 nitrogen and oxygen atoms in total. The van der Waals surface area contributed by atoms with Crippen LogP contribution in [0.25, 0.3) is 0 Å². The maximum absolute atomic E-state index is 5.63. The van der Waals surface area contributed by atoms with Crippen molar-refractivity contribution in [1.82, 2.24) is 0 Å². The summed E-state index contributed by atoms with van der Waals surface area (Å²) in [5, 5.41) is 3.37. The van der Waals surface area contributed by atoms with Gasteiger partial charge in [-0.1, -0.05) is 30.9 Å². The summed E-state index contributed by atoms with van der Waals surface area (Å²) in [6, 6.07) is 15.8. The maximum atomic E-state index is 5.63. The van der Waals surface area contributed by atoms with Gasteiger partial charge in [-0.25, -0.2) is 0 Å². The molecular weight excluding hydrogens is 250 g/mol. The molecule has 0 aliphatic rings. The zero-order valence-corrected chi connectivity index (χ0v) is 11.6. The molecule has 0 spiro atoms. The van der Waals surface area contributed by atoms with E-state index in [1.54, 1.807) is 13.2 Å². The number of hydrogen-bond acceptors (Lipinski definition) is 3. The zero-order chi connectivity index (χ0) is 14.2. The third-order valence-corrected chi connectivity index (χ3v) is 2.90. The molecule has 0 fully saturated rings. The predicted octanol–water partition coefficient (Wildman–Crippen LogP) is 3.87. The average molecular weight is 269 g/mol. The van der Waals surface area contributed by atoms with Gasteiger partial charge in [0.15, 0.2) is 0 Å². The Balaban J connectivity index is 2.00. The Morgan fingerprint density at radius 2 is 1.85 bits per heavy atom. The Morgan fingerprint density at radius 3 is 2.55 bits per heavy atom. The van der Waals surface area contributed by atoms with Gasteiger partial charge in [0.2, 0.25) is 0 Å². The van der Waals surface area contributed by atoms with Gasteiger partial charge in [-0.2, -0.15) is 0 Å². The topological polar surface area (TPSA) is 30.5 Å². The number of benzene rings is 2. The number of nitrogens with one attached hydrogen (secondary N) is 1. The largest absolute Gasteiger partial charge is 0.497 e. The molecule has 0 aliphatic heterocycles. The highest BCUT2D eigenvalue weighted by molar-refractivity contribution is 5.47. The Kier molecular flexibility index (Phi) is 5.07. The van der Waals surface area contributed by atoms with E-state index in [1.807, 2.05) is 42.5 Å². The number of hydrogen-bond donors (Lipinski definition) is 1. The van der Waals surface area contributed by atoms with Crippen molar-refractivity contribution in [2.75, 3.05) is 19.0 Å². The number of ether oxygens (including phenoxy) is 2. The summed E-state index contributed by atoms with van der Waals surface area (Å²) in [7, 11) is 1.66. The van der Waals surface area contributed by atoms with E-state index in [9.17, 15) is 0 Å². The van der Waals surface area contributed by atoms with Gasteiger partial charge >= 0.3 is 0 Å². The van der Waals surface area contributed by atoms with Gasteiger partial charge < -0.3 is 14.8 Å². The van der Waals surface area contributed by atoms with Crippen LogP contribution in [0.1, 0.15) is 5.56 Å². The zero-order valence-electron chi connectivity index (χ0n) is 11.6. The van der Waals surface area contributed by atoms with Crippen LogP contribution < -0.4 is 14.8 Å². The number of rotatable bonds is 7. The Morgan fingerprint density at radius 1 is 1.10 bits per heavy atom. The van der Waals surface area contributed by atoms with Crippen LogP contribution in [0, 0.1) is 0 Å². The third kappa shape index (κ3) is 3.79. The summed E-state index contributed by atoms with van der Waals surface area (Å²) in [4.78, 5) is 0. The molecule has 0 bridgehead atoms. The fraction of sp³-hybridized carbons (Fsp3) is 0.176. The maximum Gasteiger partial charge on any atom is 0.124 e. The quantitative estimate of drug-likeness (QED) is 0.774. The SMILES string of the molecule is C=CCOc1ccccc1CNc1ccc(OC)cc1. The van der Waals surface area contributed by atoms with Gasteiger partial charge in [-0.3, -0.25) is 0 Å². The minimum Gasteiger partial charge on any atom is -0.497 e. The van der Waals surface area contributed by atoms with Crippen molar-refractivity contribution in [2.24, 2.45) is 0 Å². The predicted molar refractivity (Wildman–Crippen MR) is 82.5 cm³/mol. The van der Waals surface area contributed by atoms with Gasteiger partial charge in [-0.15, -0.1) is 0 Å². The van der Waals surface area contributed by atoms with Crippen LogP contribution in [0.3, 0.4) is 0 Å². The highest BCUT2D eigenvalue weighted by atomic mass is 16.5. The van der Waals surface area contributed by atoms with Crippen LogP contribution in [-0.4, -0.2) is 13.7 Å². The van der Waals surface area contributed by atoms with Gasteiger partial charge in [0.05, 0.1) is 7.11 Å². The van der Waals surface area contributed by atoms with Crippen molar-refractivity contribution in [3.05, 3.63) is 66.7 Å². The van der Waals surface area contributed by atoms with Crippen molar-refractivity contribution in [2.45, 2.75) is 6.54 Å². The first-order valence-corrected chi connectivity index (χ1v) is 6.53. The van der Waals surface area contributed by atoms with Crippen molar-refractivity contribution in [1.29, 1.82) is 0 Å². The second-order valence-electron chi connectivity index (χ2n) is 4.29. The van der Waals surface area contributed by atoms with E-state index in [0.29, 0.717) is 13.2 Å². The highest BCUT2D eigenvalue weighted by Crippen LogP contribution is 2.20. The molecule has 0 heterocycles. The van der Waals surface area contributed by atoms with Gasteiger partial charge in [0.25, 0.3) is 0 Å². The van der Waals surface area contributed by atoms with E-state index < -0.39 is 0 Å². The van der Waals surface area contributed by atoms with Crippen LogP contribution in [0.15, 0.2) is 61.2 Å². The lowest BCUT2D eigenvalue weighted by Crippen LogP contribution is -2.03. The fourth-order valence-corrected chi connectivity index (χ4v) is 1.85. The highest BCUT2D eigenvalue weighted by Gasteiger charge is 2.02. The molecule has 0 atom stereocenters. The molecule has 0 aromatic heterocycles. The van der Waals surface area contributed by atoms with E-state index >= 15 is 0 Å². The summed E-state index contributed by atoms with van der Waals surface area (Å²) in [6.07, 6.45) is 1.74. The van der Waals surface area contributed by atoms with E-state index in [-0.39, 0.29) is 0 Å². The Bertz CT molecular complexity index is 549. The van der Waals surface area contributed by atoms with Gasteiger partial charge in [0, 0.05) is 17.8 Å². The lowest BCUT2D eigenvalue weighted by Gasteiger charge is -2.12. The van der Waals surface area contributed by atoms with Crippen molar-refractivity contribution in [3.63, 3.8) is 0 Å². The molecule has 2 rings (SSSR count). The first kappa shape index (κ1) is 14.0. The Labute approximate surface area is 119 Å². The fourth-order valence-electron chi connectivity index (χ4n) is 1.85. The lowest BCUT2D eigenvalue weighted by molar-refractivity contribution is 0.359. The molecule has 0 amide bonds. The van der Waals surface area contributed by atoms with Crippen LogP contribution in [-0.2, 0) is 6.54 Å². The minimum atomic E-state index is 0.513. The second-order valence-corrected chi connectivity index (χ2v) is 4.29. The van der Waals surface area contributed by atoms with E-state index in [1.165, 1.54) is 0 Å². The van der Waals surface area contributed by atoms with E-state index in [4.69, 9.17) is 9.47 Å². The lowest BCUT2D eigenvalue weighted by atomic mass is 10.2. The summed E-state index contributed by atoms with van der Waals surface area (Å²) < 4.78 is 10.8. The summed E-state index contributed by atoms with van der Waals surface area (Å²) in [6.45, 7) is 4.88. The molecule has 20 heavy (non-hydrogen) atoms. The van der Waals surface area contributed by atoms with Crippen LogP contribution in [0.2, 0.25) is 0 Å². The molecule has 0 saturated heterocycles. The molecule has 0 saturated carbocycles. The Hall–Kier alpha value is -2.42. The molecule has 0 unspecified atom stereocenters. The number of methoxy groups -OCH3 is 1. The summed E-state index contributed by atoms with van der Waals surface area (Å²) >= 11 is 0. The minimum absolute atomic E-state index is 0.513. The molecular formula is C17H19NO2. The van der Waals surface area contributed by atoms with Crippen LogP contribution >= 0.6 is 0 Å². The van der Waals surface area contributed by atoms with Gasteiger partial charge in [0.1, 0.15) is 18.1 Å². The smallest absolute Gasteiger partial charge is 0.124 e. The molecule has 2 aromatic carbocycles. The molecule has 3 heteroatoms. The van der Waals surface area contributed by atoms with E-state index in [0.717, 1.165) is 22.7 Å². The number of para-hydroxylation sites is 1. The monoisotopic (exact) mass is 269 g/mol. The first-order chi connectivity index (χ1) is 9.83. The second kappa shape index (κ2) is 7.24. The normalized spacial score (nSPS) is 9.85. The third-order valence-electron chi connectivity index (χ3n) is 2.90. The molecule has 0 radical (unpaired) electrons. The average Bonchev–Trinajstić information content (AvgIpc) is 2.52. The first-order valence-electron chi connectivity index (χ1n) is 6.53. The molecule has 104 valence electrons. The van der Waals surface area contributed by atoms with E-state index in [2.05, 4.69) is 18.0 Å².